The van der Waals surface area contributed by atoms with Crippen LogP contribution in [0, 0.1) is 0 Å². The van der Waals surface area contributed by atoms with Gasteiger partial charge in [-0.1, -0.05) is 0 Å². The SMILES string of the molecule is NCCN.O=S(=O)(O)O.O=S(=O)([O-])[O-].O=S(=O)([O-])[O-].[Fe+2].[Fe+2]. The molecule has 0 spiro atoms. The van der Waals surface area contributed by atoms with E-state index in [2.05, 4.69) is 0 Å². The molecular weight excluding hydrogens is 452 g/mol. The molecule has 0 atom stereocenters. The molecule has 0 radical (unpaired) electrons. The molecule has 0 aliphatic rings. The second-order valence-corrected chi connectivity index (χ2v) is 4.37. The van der Waals surface area contributed by atoms with E-state index in [9.17, 15) is 0 Å². The second-order valence-electron chi connectivity index (χ2n) is 1.84. The Labute approximate surface area is 142 Å². The van der Waals surface area contributed by atoms with Crippen molar-refractivity contribution in [2.75, 3.05) is 13.1 Å². The normalized spacial score (nSPS) is 9.71. The van der Waals surface area contributed by atoms with Gasteiger partial charge in [-0.05, 0) is 0 Å². The van der Waals surface area contributed by atoms with Crippen molar-refractivity contribution in [2.45, 2.75) is 0 Å². The van der Waals surface area contributed by atoms with Gasteiger partial charge in [-0.15, -0.1) is 0 Å². The van der Waals surface area contributed by atoms with Crippen LogP contribution in [0.15, 0.2) is 0 Å². The topological polar surface area (TPSA) is 287 Å². The summed E-state index contributed by atoms with van der Waals surface area (Å²) in [7, 11) is -15.0. The molecule has 0 unspecified atom stereocenters. The standard InChI is InChI=1S/C2H8N2.2Fe.3H2O4S/c3-1-2-4;;;3*1-5(2,3)4/h1-4H2;;;3*(H2,1,2,3,4)/q;2*+2;;;/p-4. The van der Waals surface area contributed by atoms with Gasteiger partial charge in [-0.3, -0.25) is 25.9 Å². The van der Waals surface area contributed by atoms with Crippen LogP contribution in [0.1, 0.15) is 0 Å². The molecule has 0 fully saturated rings. The Morgan fingerprint density at radius 3 is 0.714 bits per heavy atom. The van der Waals surface area contributed by atoms with Crippen LogP contribution in [0.3, 0.4) is 0 Å². The molecule has 0 aromatic carbocycles. The average Bonchev–Trinajstić information content (AvgIpc) is 1.93. The quantitative estimate of drug-likeness (QED) is 0.162. The second kappa shape index (κ2) is 18.6. The third-order valence-corrected chi connectivity index (χ3v) is 0.167. The molecule has 0 aliphatic carbocycles. The van der Waals surface area contributed by atoms with E-state index < -0.39 is 31.2 Å². The predicted molar refractivity (Wildman–Crippen MR) is 53.2 cm³/mol. The van der Waals surface area contributed by atoms with Crippen LogP contribution in [-0.2, 0) is 65.3 Å². The molecule has 0 aromatic heterocycles. The van der Waals surface area contributed by atoms with Crippen LogP contribution in [-0.4, -0.2) is 65.7 Å². The predicted octanol–water partition coefficient (Wildman–Crippen LogP) is -4.43. The molecule has 0 saturated carbocycles. The van der Waals surface area contributed by atoms with Crippen molar-refractivity contribution < 1.29 is 86.7 Å². The van der Waals surface area contributed by atoms with Crippen molar-refractivity contribution >= 4 is 31.2 Å². The molecular formula is C2H10Fe2N2O12S3. The molecule has 21 heavy (non-hydrogen) atoms. The van der Waals surface area contributed by atoms with E-state index in [4.69, 9.17) is 64.0 Å². The molecule has 0 rings (SSSR count). The summed E-state index contributed by atoms with van der Waals surface area (Å²) >= 11 is 0. The molecule has 0 amide bonds. The summed E-state index contributed by atoms with van der Waals surface area (Å²) < 4.78 is 99.7. The smallest absolute Gasteiger partial charge is 0.759 e. The third kappa shape index (κ3) is 2880. The van der Waals surface area contributed by atoms with E-state index in [0.29, 0.717) is 13.1 Å². The summed E-state index contributed by atoms with van der Waals surface area (Å²) in [6, 6.07) is 0. The van der Waals surface area contributed by atoms with E-state index in [1.807, 2.05) is 0 Å². The first kappa shape index (κ1) is 37.6. The van der Waals surface area contributed by atoms with Gasteiger partial charge in [0.15, 0.2) is 0 Å². The molecule has 0 bridgehead atoms. The van der Waals surface area contributed by atoms with Crippen molar-refractivity contribution in [3.8, 4) is 0 Å². The number of rotatable bonds is 1. The van der Waals surface area contributed by atoms with E-state index in [1.165, 1.54) is 0 Å². The van der Waals surface area contributed by atoms with Crippen molar-refractivity contribution in [3.63, 3.8) is 0 Å². The van der Waals surface area contributed by atoms with Crippen LogP contribution in [0.2, 0.25) is 0 Å². The first-order valence-electron chi connectivity index (χ1n) is 3.35. The maximum atomic E-state index is 8.74. The largest absolute Gasteiger partial charge is 2.00 e. The van der Waals surface area contributed by atoms with Gasteiger partial charge in [0.1, 0.15) is 0 Å². The molecule has 0 aromatic rings. The van der Waals surface area contributed by atoms with Crippen LogP contribution in [0.5, 0.6) is 0 Å². The van der Waals surface area contributed by atoms with Crippen LogP contribution in [0.4, 0.5) is 0 Å². The monoisotopic (exact) mass is 462 g/mol. The zero-order valence-corrected chi connectivity index (χ0v) is 14.1. The summed E-state index contributed by atoms with van der Waals surface area (Å²) in [6.07, 6.45) is 0. The third-order valence-electron chi connectivity index (χ3n) is 0.167. The minimum atomic E-state index is -5.17. The summed E-state index contributed by atoms with van der Waals surface area (Å²) in [5.41, 5.74) is 9.81. The van der Waals surface area contributed by atoms with Crippen LogP contribution >= 0.6 is 0 Å². The Kier molecular flexibility index (Phi) is 33.4. The zero-order valence-electron chi connectivity index (χ0n) is 9.48. The fourth-order valence-electron chi connectivity index (χ4n) is 0. The Balaban J connectivity index is -0.0000000347. The van der Waals surface area contributed by atoms with E-state index in [1.54, 1.807) is 0 Å². The Morgan fingerprint density at radius 2 is 0.714 bits per heavy atom. The first-order valence-corrected chi connectivity index (χ1v) is 7.41. The maximum absolute atomic E-state index is 8.74. The molecule has 0 saturated heterocycles. The Bertz CT molecular complexity index is 385. The molecule has 14 nitrogen and oxygen atoms in total. The van der Waals surface area contributed by atoms with Crippen LogP contribution < -0.4 is 11.5 Å². The Morgan fingerprint density at radius 1 is 0.667 bits per heavy atom. The summed E-state index contributed by atoms with van der Waals surface area (Å²) in [4.78, 5) is 0. The van der Waals surface area contributed by atoms with Gasteiger partial charge < -0.3 is 29.7 Å². The summed E-state index contributed by atoms with van der Waals surface area (Å²) in [5.74, 6) is 0. The fourth-order valence-corrected chi connectivity index (χ4v) is 0. The van der Waals surface area contributed by atoms with Gasteiger partial charge >= 0.3 is 44.5 Å². The summed E-state index contributed by atoms with van der Waals surface area (Å²) in [6.45, 7) is 1.19. The molecule has 6 N–H and O–H groups in total. The van der Waals surface area contributed by atoms with E-state index in [-0.39, 0.29) is 34.1 Å². The van der Waals surface area contributed by atoms with Gasteiger partial charge in [-0.25, -0.2) is 0 Å². The van der Waals surface area contributed by atoms with Gasteiger partial charge in [0.25, 0.3) is 0 Å². The minimum Gasteiger partial charge on any atom is -0.759 e. The fraction of sp³-hybridized carbons (Fsp3) is 1.00. The molecule has 0 heterocycles. The van der Waals surface area contributed by atoms with Crippen LogP contribution in [0.25, 0.3) is 0 Å². The number of hydrogen-bond acceptors (Lipinski definition) is 12. The van der Waals surface area contributed by atoms with Gasteiger partial charge in [-0.2, -0.15) is 8.42 Å². The van der Waals surface area contributed by atoms with Gasteiger partial charge in [0.2, 0.25) is 0 Å². The van der Waals surface area contributed by atoms with Gasteiger partial charge in [0, 0.05) is 33.9 Å². The summed E-state index contributed by atoms with van der Waals surface area (Å²) in [5, 5.41) is 0. The minimum absolute atomic E-state index is 0. The zero-order chi connectivity index (χ0) is 16.9. The van der Waals surface area contributed by atoms with Gasteiger partial charge in [0.05, 0.1) is 0 Å². The molecule has 0 aliphatic heterocycles. The first-order chi connectivity index (χ1) is 7.91. The molecule has 19 heteroatoms. The van der Waals surface area contributed by atoms with E-state index >= 15 is 0 Å². The number of hydrogen-bond donors (Lipinski definition) is 4. The van der Waals surface area contributed by atoms with Crippen molar-refractivity contribution in [3.05, 3.63) is 0 Å². The van der Waals surface area contributed by atoms with Crippen molar-refractivity contribution in [1.82, 2.24) is 0 Å². The van der Waals surface area contributed by atoms with Crippen molar-refractivity contribution in [1.29, 1.82) is 0 Å². The Hall–Kier alpha value is 0.569. The van der Waals surface area contributed by atoms with E-state index in [0.717, 1.165) is 0 Å². The molecule has 134 valence electrons. The maximum Gasteiger partial charge on any atom is 2.00 e. The average molecular weight is 462 g/mol. The number of nitrogens with two attached hydrogens (primary N) is 2. The van der Waals surface area contributed by atoms with Crippen molar-refractivity contribution in [2.24, 2.45) is 11.5 Å².